The number of ketones is 1. The van der Waals surface area contributed by atoms with Crippen molar-refractivity contribution >= 4 is 17.1 Å². The standard InChI is InChI=1S/C26H27N5O2/c1-18-4-6-19(7-5-18)8-9-23(32)26(2)15-30(16-26)25-22-12-21(14-31(22)29-17-28-25)20-10-11-27-24(13-20)33-3/h4-7,10-14,17H,8-9,15-16H2,1-3H3. The Morgan fingerprint density at radius 1 is 1.09 bits per heavy atom. The molecule has 1 aliphatic rings. The molecule has 0 aliphatic carbocycles. The minimum absolute atomic E-state index is 0.310. The van der Waals surface area contributed by atoms with Gasteiger partial charge in [-0.05, 0) is 43.5 Å². The number of ether oxygens (including phenoxy) is 1. The molecular formula is C26H27N5O2. The van der Waals surface area contributed by atoms with E-state index in [0.717, 1.165) is 28.9 Å². The van der Waals surface area contributed by atoms with Crippen molar-refractivity contribution in [1.82, 2.24) is 19.6 Å². The minimum Gasteiger partial charge on any atom is -0.481 e. The van der Waals surface area contributed by atoms with Gasteiger partial charge in [0.1, 0.15) is 17.6 Å². The number of nitrogens with zero attached hydrogens (tertiary/aromatic N) is 5. The normalized spacial score (nSPS) is 14.8. The molecule has 3 aromatic heterocycles. The summed E-state index contributed by atoms with van der Waals surface area (Å²) in [5, 5.41) is 4.38. The van der Waals surface area contributed by atoms with Gasteiger partial charge in [-0.15, -0.1) is 0 Å². The predicted molar refractivity (Wildman–Crippen MR) is 128 cm³/mol. The number of aromatic nitrogens is 4. The summed E-state index contributed by atoms with van der Waals surface area (Å²) >= 11 is 0. The summed E-state index contributed by atoms with van der Waals surface area (Å²) in [6, 6.07) is 14.3. The zero-order valence-corrected chi connectivity index (χ0v) is 19.2. The van der Waals surface area contributed by atoms with Crippen molar-refractivity contribution in [2.45, 2.75) is 26.7 Å². The second-order valence-corrected chi connectivity index (χ2v) is 9.05. The first-order valence-electron chi connectivity index (χ1n) is 11.1. The number of methoxy groups -OCH3 is 1. The van der Waals surface area contributed by atoms with Crippen LogP contribution in [-0.2, 0) is 11.2 Å². The Morgan fingerprint density at radius 3 is 2.64 bits per heavy atom. The van der Waals surface area contributed by atoms with Crippen molar-refractivity contribution in [1.29, 1.82) is 0 Å². The molecule has 1 fully saturated rings. The molecule has 4 heterocycles. The monoisotopic (exact) mass is 441 g/mol. The molecule has 5 rings (SSSR count). The summed E-state index contributed by atoms with van der Waals surface area (Å²) in [7, 11) is 1.61. The van der Waals surface area contributed by atoms with E-state index in [0.29, 0.717) is 31.2 Å². The van der Waals surface area contributed by atoms with Gasteiger partial charge in [-0.3, -0.25) is 4.79 Å². The van der Waals surface area contributed by atoms with Crippen LogP contribution in [-0.4, -0.2) is 45.6 Å². The molecule has 7 nitrogen and oxygen atoms in total. The molecule has 168 valence electrons. The van der Waals surface area contributed by atoms with Gasteiger partial charge in [0, 0.05) is 43.5 Å². The molecule has 1 saturated heterocycles. The smallest absolute Gasteiger partial charge is 0.213 e. The maximum atomic E-state index is 13.0. The Morgan fingerprint density at radius 2 is 1.88 bits per heavy atom. The van der Waals surface area contributed by atoms with Crippen molar-refractivity contribution in [3.63, 3.8) is 0 Å². The Kier molecular flexibility index (Phi) is 5.32. The lowest BCUT2D eigenvalue weighted by Gasteiger charge is -2.47. The average molecular weight is 442 g/mol. The van der Waals surface area contributed by atoms with Crippen molar-refractivity contribution in [3.8, 4) is 17.0 Å². The zero-order chi connectivity index (χ0) is 23.0. The van der Waals surface area contributed by atoms with Gasteiger partial charge in [-0.1, -0.05) is 29.8 Å². The average Bonchev–Trinajstić information content (AvgIpc) is 3.26. The van der Waals surface area contributed by atoms with E-state index in [9.17, 15) is 4.79 Å². The summed E-state index contributed by atoms with van der Waals surface area (Å²) in [6.07, 6.45) is 6.61. The van der Waals surface area contributed by atoms with E-state index < -0.39 is 0 Å². The molecule has 1 aromatic carbocycles. The molecule has 0 N–H and O–H groups in total. The number of benzene rings is 1. The third-order valence-corrected chi connectivity index (χ3v) is 6.48. The van der Waals surface area contributed by atoms with Gasteiger partial charge in [0.25, 0.3) is 0 Å². The fourth-order valence-electron chi connectivity index (χ4n) is 4.46. The van der Waals surface area contributed by atoms with Gasteiger partial charge in [-0.2, -0.15) is 5.10 Å². The third kappa shape index (κ3) is 4.06. The van der Waals surface area contributed by atoms with E-state index >= 15 is 0 Å². The summed E-state index contributed by atoms with van der Waals surface area (Å²) in [5.74, 6) is 1.72. The SMILES string of the molecule is COc1cc(-c2cc3c(N4CC(C)(C(=O)CCc5ccc(C)cc5)C4)ncnn3c2)ccn1. The van der Waals surface area contributed by atoms with Crippen LogP contribution in [0.5, 0.6) is 5.88 Å². The van der Waals surface area contributed by atoms with E-state index in [-0.39, 0.29) is 5.41 Å². The molecule has 0 unspecified atom stereocenters. The Bertz CT molecular complexity index is 1310. The summed E-state index contributed by atoms with van der Waals surface area (Å²) < 4.78 is 7.08. The number of Topliss-reactive ketones (excluding diaryl/α,β-unsaturated/α-hetero) is 1. The van der Waals surface area contributed by atoms with Crippen LogP contribution in [0, 0.1) is 12.3 Å². The van der Waals surface area contributed by atoms with Crippen LogP contribution in [0.15, 0.2) is 61.2 Å². The highest BCUT2D eigenvalue weighted by atomic mass is 16.5. The minimum atomic E-state index is -0.347. The van der Waals surface area contributed by atoms with E-state index in [1.54, 1.807) is 19.6 Å². The van der Waals surface area contributed by atoms with Gasteiger partial charge in [0.15, 0.2) is 5.82 Å². The van der Waals surface area contributed by atoms with Crippen LogP contribution < -0.4 is 9.64 Å². The van der Waals surface area contributed by atoms with Crippen LogP contribution in [0.25, 0.3) is 16.6 Å². The first-order valence-corrected chi connectivity index (χ1v) is 11.1. The molecule has 1 aliphatic heterocycles. The Balaban J connectivity index is 1.30. The fourth-order valence-corrected chi connectivity index (χ4v) is 4.46. The van der Waals surface area contributed by atoms with Gasteiger partial charge < -0.3 is 9.64 Å². The third-order valence-electron chi connectivity index (χ3n) is 6.48. The topological polar surface area (TPSA) is 72.6 Å². The highest BCUT2D eigenvalue weighted by Crippen LogP contribution is 2.37. The molecule has 33 heavy (non-hydrogen) atoms. The predicted octanol–water partition coefficient (Wildman–Crippen LogP) is 4.14. The first-order chi connectivity index (χ1) is 15.9. The lowest BCUT2D eigenvalue weighted by atomic mass is 9.76. The molecule has 4 aromatic rings. The highest BCUT2D eigenvalue weighted by Gasteiger charge is 2.45. The van der Waals surface area contributed by atoms with Crippen molar-refractivity contribution < 1.29 is 9.53 Å². The van der Waals surface area contributed by atoms with Crippen LogP contribution in [0.4, 0.5) is 5.82 Å². The van der Waals surface area contributed by atoms with Crippen LogP contribution in [0.1, 0.15) is 24.5 Å². The fraction of sp³-hybridized carbons (Fsp3) is 0.308. The Hall–Kier alpha value is -3.74. The van der Waals surface area contributed by atoms with Crippen molar-refractivity contribution in [2.24, 2.45) is 5.41 Å². The number of aryl methyl sites for hydroxylation is 2. The van der Waals surface area contributed by atoms with Crippen LogP contribution in [0.2, 0.25) is 0 Å². The summed E-state index contributed by atoms with van der Waals surface area (Å²) in [6.45, 7) is 5.46. The number of anilines is 1. The van der Waals surface area contributed by atoms with Crippen LogP contribution in [0.3, 0.4) is 0 Å². The Labute approximate surface area is 193 Å². The van der Waals surface area contributed by atoms with E-state index in [2.05, 4.69) is 64.1 Å². The first kappa shape index (κ1) is 21.1. The summed E-state index contributed by atoms with van der Waals surface area (Å²) in [5.41, 5.74) is 5.02. The van der Waals surface area contributed by atoms with Gasteiger partial charge >= 0.3 is 0 Å². The molecule has 0 bridgehead atoms. The number of carbonyl (C=O) groups is 1. The molecule has 0 spiro atoms. The number of hydrogen-bond acceptors (Lipinski definition) is 6. The highest BCUT2D eigenvalue weighted by molar-refractivity contribution is 5.89. The van der Waals surface area contributed by atoms with Gasteiger partial charge in [0.05, 0.1) is 12.5 Å². The molecular weight excluding hydrogens is 414 g/mol. The largest absolute Gasteiger partial charge is 0.481 e. The quantitative estimate of drug-likeness (QED) is 0.429. The van der Waals surface area contributed by atoms with Crippen molar-refractivity contribution in [2.75, 3.05) is 25.1 Å². The lowest BCUT2D eigenvalue weighted by molar-refractivity contribution is -0.129. The van der Waals surface area contributed by atoms with Gasteiger partial charge in [0.2, 0.25) is 5.88 Å². The number of rotatable bonds is 7. The number of carbonyl (C=O) groups excluding carboxylic acids is 1. The van der Waals surface area contributed by atoms with E-state index in [1.165, 1.54) is 11.1 Å². The van der Waals surface area contributed by atoms with E-state index in [4.69, 9.17) is 4.74 Å². The molecule has 0 saturated carbocycles. The van der Waals surface area contributed by atoms with E-state index in [1.807, 2.05) is 22.8 Å². The molecule has 7 heteroatoms. The number of pyridine rings is 1. The lowest BCUT2D eigenvalue weighted by Crippen LogP contribution is -2.59. The summed E-state index contributed by atoms with van der Waals surface area (Å²) in [4.78, 5) is 23.9. The second-order valence-electron chi connectivity index (χ2n) is 9.05. The molecule has 0 radical (unpaired) electrons. The second kappa shape index (κ2) is 8.31. The van der Waals surface area contributed by atoms with Gasteiger partial charge in [-0.25, -0.2) is 14.5 Å². The number of hydrogen-bond donors (Lipinski definition) is 0. The molecule has 0 atom stereocenters. The number of fused-ring (bicyclic) bond motifs is 1. The maximum absolute atomic E-state index is 13.0. The zero-order valence-electron chi connectivity index (χ0n) is 19.2. The van der Waals surface area contributed by atoms with Crippen LogP contribution >= 0.6 is 0 Å². The molecule has 0 amide bonds. The maximum Gasteiger partial charge on any atom is 0.213 e. The van der Waals surface area contributed by atoms with Crippen molar-refractivity contribution in [3.05, 3.63) is 72.3 Å².